The van der Waals surface area contributed by atoms with Gasteiger partial charge >= 0.3 is 6.18 Å². The monoisotopic (exact) mass is 217 g/mol. The van der Waals surface area contributed by atoms with Gasteiger partial charge in [0.1, 0.15) is 5.69 Å². The van der Waals surface area contributed by atoms with Gasteiger partial charge < -0.3 is 5.32 Å². The van der Waals surface area contributed by atoms with Crippen molar-refractivity contribution in [2.24, 2.45) is 0 Å². The van der Waals surface area contributed by atoms with Crippen LogP contribution in [0.2, 0.25) is 0 Å². The van der Waals surface area contributed by atoms with Gasteiger partial charge in [0.25, 0.3) is 0 Å². The van der Waals surface area contributed by atoms with Gasteiger partial charge in [-0.3, -0.25) is 0 Å². The largest absolute Gasteiger partial charge is 0.433 e. The van der Waals surface area contributed by atoms with Crippen LogP contribution < -0.4 is 5.32 Å². The number of hydrogen-bond donors (Lipinski definition) is 1. The maximum Gasteiger partial charge on any atom is 0.433 e. The summed E-state index contributed by atoms with van der Waals surface area (Å²) in [5.74, 6) is 0.0461. The molecule has 1 aliphatic rings. The van der Waals surface area contributed by atoms with E-state index in [2.05, 4.69) is 15.3 Å². The maximum atomic E-state index is 12.3. The van der Waals surface area contributed by atoms with E-state index < -0.39 is 11.9 Å². The number of rotatable bonds is 2. The fraction of sp³-hybridized carbons (Fsp3) is 0.556. The molecule has 6 heteroatoms. The molecule has 0 aromatic carbocycles. The second kappa shape index (κ2) is 3.08. The minimum Gasteiger partial charge on any atom is -0.349 e. The number of alkyl halides is 3. The van der Waals surface area contributed by atoms with E-state index in [1.54, 1.807) is 0 Å². The van der Waals surface area contributed by atoms with Crippen molar-refractivity contribution < 1.29 is 13.2 Å². The van der Waals surface area contributed by atoms with Gasteiger partial charge in [-0.05, 0) is 25.8 Å². The molecule has 82 valence electrons. The third-order valence-corrected chi connectivity index (χ3v) is 2.36. The molecular weight excluding hydrogens is 207 g/mol. The van der Waals surface area contributed by atoms with E-state index in [9.17, 15) is 13.2 Å². The van der Waals surface area contributed by atoms with Gasteiger partial charge in [0.15, 0.2) is 0 Å². The number of anilines is 1. The average molecular weight is 217 g/mol. The SMILES string of the molecule is CC1(Nc2nccc(C(F)(F)F)n2)CC1. The van der Waals surface area contributed by atoms with Crippen molar-refractivity contribution in [3.63, 3.8) is 0 Å². The molecular formula is C9H10F3N3. The Hall–Kier alpha value is -1.33. The summed E-state index contributed by atoms with van der Waals surface area (Å²) in [6.45, 7) is 1.93. The Morgan fingerprint density at radius 1 is 1.40 bits per heavy atom. The van der Waals surface area contributed by atoms with E-state index in [1.165, 1.54) is 0 Å². The quantitative estimate of drug-likeness (QED) is 0.826. The molecule has 0 amide bonds. The molecule has 1 N–H and O–H groups in total. The van der Waals surface area contributed by atoms with E-state index in [1.807, 2.05) is 6.92 Å². The zero-order chi connectivity index (χ0) is 11.1. The summed E-state index contributed by atoms with van der Waals surface area (Å²) in [5, 5.41) is 2.88. The highest BCUT2D eigenvalue weighted by Crippen LogP contribution is 2.37. The lowest BCUT2D eigenvalue weighted by atomic mass is 10.3. The number of nitrogens with zero attached hydrogens (tertiary/aromatic N) is 2. The lowest BCUT2D eigenvalue weighted by Crippen LogP contribution is -2.19. The highest BCUT2D eigenvalue weighted by atomic mass is 19.4. The second-order valence-corrected chi connectivity index (χ2v) is 3.95. The smallest absolute Gasteiger partial charge is 0.349 e. The van der Waals surface area contributed by atoms with Gasteiger partial charge in [0.05, 0.1) is 0 Å². The summed E-state index contributed by atoms with van der Waals surface area (Å²) in [6.07, 6.45) is -1.42. The maximum absolute atomic E-state index is 12.3. The predicted octanol–water partition coefficient (Wildman–Crippen LogP) is 2.46. The average Bonchev–Trinajstić information content (AvgIpc) is 2.82. The van der Waals surface area contributed by atoms with Gasteiger partial charge in [0.2, 0.25) is 5.95 Å². The van der Waals surface area contributed by atoms with Crippen molar-refractivity contribution in [3.05, 3.63) is 18.0 Å². The van der Waals surface area contributed by atoms with Crippen LogP contribution in [-0.2, 0) is 6.18 Å². The fourth-order valence-electron chi connectivity index (χ4n) is 1.16. The first-order valence-corrected chi connectivity index (χ1v) is 4.58. The Balaban J connectivity index is 2.19. The van der Waals surface area contributed by atoms with Gasteiger partial charge in [0, 0.05) is 11.7 Å². The summed E-state index contributed by atoms with van der Waals surface area (Å²) >= 11 is 0. The van der Waals surface area contributed by atoms with Crippen LogP contribution >= 0.6 is 0 Å². The van der Waals surface area contributed by atoms with Crippen LogP contribution in [0, 0.1) is 0 Å². The number of aromatic nitrogens is 2. The zero-order valence-corrected chi connectivity index (χ0v) is 8.10. The molecule has 0 bridgehead atoms. The topological polar surface area (TPSA) is 37.8 Å². The van der Waals surface area contributed by atoms with Crippen molar-refractivity contribution in [2.45, 2.75) is 31.5 Å². The molecule has 1 aliphatic carbocycles. The molecule has 1 saturated carbocycles. The Morgan fingerprint density at radius 2 is 2.07 bits per heavy atom. The molecule has 0 saturated heterocycles. The van der Waals surface area contributed by atoms with Crippen LogP contribution in [0.4, 0.5) is 19.1 Å². The third-order valence-electron chi connectivity index (χ3n) is 2.36. The first-order chi connectivity index (χ1) is 6.89. The summed E-state index contributed by atoms with van der Waals surface area (Å²) in [4.78, 5) is 7.18. The van der Waals surface area contributed by atoms with E-state index >= 15 is 0 Å². The van der Waals surface area contributed by atoms with Crippen molar-refractivity contribution in [1.29, 1.82) is 0 Å². The first kappa shape index (κ1) is 10.2. The van der Waals surface area contributed by atoms with Crippen LogP contribution in [0.5, 0.6) is 0 Å². The lowest BCUT2D eigenvalue weighted by Gasteiger charge is -2.12. The minimum atomic E-state index is -4.41. The van der Waals surface area contributed by atoms with Gasteiger partial charge in [-0.25, -0.2) is 9.97 Å². The molecule has 0 radical (unpaired) electrons. The van der Waals surface area contributed by atoms with Crippen molar-refractivity contribution in [1.82, 2.24) is 9.97 Å². The van der Waals surface area contributed by atoms with Crippen LogP contribution in [0.25, 0.3) is 0 Å². The number of halogens is 3. The number of nitrogens with one attached hydrogen (secondary N) is 1. The Morgan fingerprint density at radius 3 is 2.60 bits per heavy atom. The van der Waals surface area contributed by atoms with Gasteiger partial charge in [-0.15, -0.1) is 0 Å². The van der Waals surface area contributed by atoms with Crippen molar-refractivity contribution >= 4 is 5.95 Å². The van der Waals surface area contributed by atoms with Gasteiger partial charge in [-0.1, -0.05) is 0 Å². The Bertz CT molecular complexity index is 371. The van der Waals surface area contributed by atoms with E-state index in [-0.39, 0.29) is 11.5 Å². The van der Waals surface area contributed by atoms with Crippen molar-refractivity contribution in [3.8, 4) is 0 Å². The summed E-state index contributed by atoms with van der Waals surface area (Å²) < 4.78 is 36.9. The molecule has 3 nitrogen and oxygen atoms in total. The highest BCUT2D eigenvalue weighted by molar-refractivity contribution is 5.33. The fourth-order valence-corrected chi connectivity index (χ4v) is 1.16. The summed E-state index contributed by atoms with van der Waals surface area (Å²) in [6, 6.07) is 0.862. The lowest BCUT2D eigenvalue weighted by molar-refractivity contribution is -0.141. The van der Waals surface area contributed by atoms with E-state index in [4.69, 9.17) is 0 Å². The summed E-state index contributed by atoms with van der Waals surface area (Å²) in [7, 11) is 0. The predicted molar refractivity (Wildman–Crippen MR) is 48.3 cm³/mol. The standard InChI is InChI=1S/C9H10F3N3/c1-8(3-4-8)15-7-13-5-2-6(14-7)9(10,11)12/h2,5H,3-4H2,1H3,(H,13,14,15). The molecule has 0 spiro atoms. The molecule has 1 fully saturated rings. The molecule has 1 aromatic rings. The van der Waals surface area contributed by atoms with E-state index in [0.29, 0.717) is 0 Å². The van der Waals surface area contributed by atoms with Crippen LogP contribution in [0.1, 0.15) is 25.5 Å². The molecule has 2 rings (SSSR count). The highest BCUT2D eigenvalue weighted by Gasteiger charge is 2.38. The normalized spacial score (nSPS) is 18.7. The molecule has 0 aliphatic heterocycles. The summed E-state index contributed by atoms with van der Waals surface area (Å²) in [5.41, 5.74) is -1.03. The van der Waals surface area contributed by atoms with Crippen LogP contribution in [0.3, 0.4) is 0 Å². The Kier molecular flexibility index (Phi) is 2.09. The van der Waals surface area contributed by atoms with Crippen LogP contribution in [-0.4, -0.2) is 15.5 Å². The molecule has 1 aromatic heterocycles. The van der Waals surface area contributed by atoms with E-state index in [0.717, 1.165) is 25.1 Å². The van der Waals surface area contributed by atoms with Crippen LogP contribution in [0.15, 0.2) is 12.3 Å². The number of hydrogen-bond acceptors (Lipinski definition) is 3. The Labute approximate surface area is 84.7 Å². The minimum absolute atomic E-state index is 0.0461. The molecule has 15 heavy (non-hydrogen) atoms. The zero-order valence-electron chi connectivity index (χ0n) is 8.10. The van der Waals surface area contributed by atoms with Crippen molar-refractivity contribution in [2.75, 3.05) is 5.32 Å². The second-order valence-electron chi connectivity index (χ2n) is 3.95. The van der Waals surface area contributed by atoms with Gasteiger partial charge in [-0.2, -0.15) is 13.2 Å². The first-order valence-electron chi connectivity index (χ1n) is 4.58. The third kappa shape index (κ3) is 2.37. The molecule has 0 atom stereocenters. The molecule has 1 heterocycles. The molecule has 0 unspecified atom stereocenters.